The van der Waals surface area contributed by atoms with Gasteiger partial charge in [0.25, 0.3) is 0 Å². The number of carbonyl (C=O) groups is 2. The third-order valence-electron chi connectivity index (χ3n) is 3.24. The summed E-state index contributed by atoms with van der Waals surface area (Å²) < 4.78 is 0. The number of piperidine rings is 1. The van der Waals surface area contributed by atoms with Crippen LogP contribution in [0.4, 0.5) is 5.69 Å². The molecule has 0 saturated carbocycles. The fraction of sp³-hybridized carbons (Fsp3) is 0.429. The lowest BCUT2D eigenvalue weighted by Crippen LogP contribution is -2.43. The first-order valence-corrected chi connectivity index (χ1v) is 6.22. The van der Waals surface area contributed by atoms with Crippen LogP contribution in [0.25, 0.3) is 0 Å². The van der Waals surface area contributed by atoms with Gasteiger partial charge in [-0.25, -0.2) is 0 Å². The number of likely N-dealkylation sites (N-methyl/N-ethyl adjacent to an activating group) is 1. The quantitative estimate of drug-likeness (QED) is 0.807. The van der Waals surface area contributed by atoms with Gasteiger partial charge in [0.2, 0.25) is 5.91 Å². The summed E-state index contributed by atoms with van der Waals surface area (Å²) in [5, 5.41) is 0. The number of benzene rings is 1. The van der Waals surface area contributed by atoms with Crippen LogP contribution in [0.15, 0.2) is 30.3 Å². The number of rotatable bonds is 3. The highest BCUT2D eigenvalue weighted by Crippen LogP contribution is 2.12. The molecule has 1 amide bonds. The third-order valence-corrected chi connectivity index (χ3v) is 3.24. The van der Waals surface area contributed by atoms with Crippen LogP contribution in [0.1, 0.15) is 12.8 Å². The summed E-state index contributed by atoms with van der Waals surface area (Å²) in [4.78, 5) is 26.9. The summed E-state index contributed by atoms with van der Waals surface area (Å²) in [5.74, 6) is 0.351. The highest BCUT2D eigenvalue weighted by Gasteiger charge is 2.21. The first-order valence-electron chi connectivity index (χ1n) is 6.22. The number of likely N-dealkylation sites (tertiary alicyclic amines) is 1. The number of hydrogen-bond acceptors (Lipinski definition) is 3. The minimum absolute atomic E-state index is 0.0915. The molecule has 4 heteroatoms. The van der Waals surface area contributed by atoms with E-state index in [2.05, 4.69) is 0 Å². The largest absolute Gasteiger partial charge is 0.365 e. The molecule has 4 nitrogen and oxygen atoms in total. The van der Waals surface area contributed by atoms with Crippen molar-refractivity contribution in [2.75, 3.05) is 31.6 Å². The molecule has 2 rings (SSSR count). The van der Waals surface area contributed by atoms with Gasteiger partial charge >= 0.3 is 0 Å². The average molecular weight is 246 g/mol. The number of Topliss-reactive ketones (excluding diaryl/α,β-unsaturated/α-hetero) is 1. The van der Waals surface area contributed by atoms with E-state index in [0.717, 1.165) is 5.69 Å². The molecule has 1 aromatic rings. The Balaban J connectivity index is 1.89. The maximum absolute atomic E-state index is 12.1. The number of para-hydroxylation sites is 1. The van der Waals surface area contributed by atoms with Crippen LogP contribution in [0.5, 0.6) is 0 Å². The minimum Gasteiger partial charge on any atom is -0.365 e. The normalized spacial score (nSPS) is 15.6. The predicted octanol–water partition coefficient (Wildman–Crippen LogP) is 1.31. The lowest BCUT2D eigenvalue weighted by molar-refractivity contribution is -0.133. The monoisotopic (exact) mass is 246 g/mol. The third kappa shape index (κ3) is 3.09. The van der Waals surface area contributed by atoms with E-state index < -0.39 is 0 Å². The molecule has 0 unspecified atom stereocenters. The number of ketones is 1. The lowest BCUT2D eigenvalue weighted by Gasteiger charge is -2.28. The molecule has 0 aromatic heterocycles. The van der Waals surface area contributed by atoms with Gasteiger partial charge in [-0.15, -0.1) is 0 Å². The molecule has 1 heterocycles. The van der Waals surface area contributed by atoms with Crippen molar-refractivity contribution in [1.82, 2.24) is 4.90 Å². The van der Waals surface area contributed by atoms with Crippen LogP contribution in [-0.2, 0) is 9.59 Å². The van der Waals surface area contributed by atoms with Crippen LogP contribution in [-0.4, -0.2) is 43.3 Å². The summed E-state index contributed by atoms with van der Waals surface area (Å²) >= 11 is 0. The maximum atomic E-state index is 12.1. The standard InChI is InChI=1S/C14H18N2O2/c1-15(12-5-3-2-4-6-12)11-14(18)16-9-7-13(17)8-10-16/h2-6H,7-11H2,1H3. The molecule has 1 aliphatic rings. The molecule has 0 radical (unpaired) electrons. The number of carbonyl (C=O) groups excluding carboxylic acids is 2. The Morgan fingerprint density at radius 1 is 1.22 bits per heavy atom. The summed E-state index contributed by atoms with van der Waals surface area (Å²) in [6, 6.07) is 9.82. The first kappa shape index (κ1) is 12.6. The molecule has 18 heavy (non-hydrogen) atoms. The molecule has 96 valence electrons. The van der Waals surface area contributed by atoms with E-state index in [1.807, 2.05) is 42.3 Å². The zero-order chi connectivity index (χ0) is 13.0. The van der Waals surface area contributed by atoms with Gasteiger partial charge in [-0.05, 0) is 12.1 Å². The molecular weight excluding hydrogens is 228 g/mol. The summed E-state index contributed by atoms with van der Waals surface area (Å²) in [6.45, 7) is 1.50. The van der Waals surface area contributed by atoms with Crippen LogP contribution in [0.2, 0.25) is 0 Å². The van der Waals surface area contributed by atoms with E-state index >= 15 is 0 Å². The zero-order valence-electron chi connectivity index (χ0n) is 10.6. The van der Waals surface area contributed by atoms with Gasteiger partial charge in [-0.1, -0.05) is 18.2 Å². The van der Waals surface area contributed by atoms with E-state index in [1.165, 1.54) is 0 Å². The highest BCUT2D eigenvalue weighted by atomic mass is 16.2. The van der Waals surface area contributed by atoms with Crippen molar-refractivity contribution in [3.8, 4) is 0 Å². The van der Waals surface area contributed by atoms with Crippen LogP contribution in [0, 0.1) is 0 Å². The molecular formula is C14H18N2O2. The van der Waals surface area contributed by atoms with Gasteiger partial charge in [0.1, 0.15) is 5.78 Å². The van der Waals surface area contributed by atoms with E-state index in [-0.39, 0.29) is 11.7 Å². The summed E-state index contributed by atoms with van der Waals surface area (Å²) in [5.41, 5.74) is 1.03. The van der Waals surface area contributed by atoms with Crippen molar-refractivity contribution in [2.24, 2.45) is 0 Å². The van der Waals surface area contributed by atoms with E-state index in [1.54, 1.807) is 4.90 Å². The van der Waals surface area contributed by atoms with Gasteiger partial charge in [-0.2, -0.15) is 0 Å². The van der Waals surface area contributed by atoms with Crippen LogP contribution >= 0.6 is 0 Å². The zero-order valence-corrected chi connectivity index (χ0v) is 10.6. The molecule has 1 aromatic carbocycles. The molecule has 1 fully saturated rings. The summed E-state index contributed by atoms with van der Waals surface area (Å²) in [7, 11) is 1.91. The first-order chi connectivity index (χ1) is 8.66. The Labute approximate surface area is 107 Å². The molecule has 0 atom stereocenters. The Kier molecular flexibility index (Phi) is 3.97. The fourth-order valence-electron chi connectivity index (χ4n) is 2.08. The van der Waals surface area contributed by atoms with Crippen molar-refractivity contribution >= 4 is 17.4 Å². The van der Waals surface area contributed by atoms with Crippen molar-refractivity contribution in [3.05, 3.63) is 30.3 Å². The highest BCUT2D eigenvalue weighted by molar-refractivity contribution is 5.85. The second kappa shape index (κ2) is 5.67. The molecule has 0 N–H and O–H groups in total. The molecule has 1 aliphatic heterocycles. The Morgan fingerprint density at radius 2 is 1.83 bits per heavy atom. The van der Waals surface area contributed by atoms with Gasteiger partial charge in [0, 0.05) is 38.7 Å². The number of nitrogens with zero attached hydrogens (tertiary/aromatic N) is 2. The van der Waals surface area contributed by atoms with Gasteiger partial charge in [0.15, 0.2) is 0 Å². The Hall–Kier alpha value is -1.84. The predicted molar refractivity (Wildman–Crippen MR) is 70.5 cm³/mol. The molecule has 0 spiro atoms. The smallest absolute Gasteiger partial charge is 0.242 e. The number of hydrogen-bond donors (Lipinski definition) is 0. The van der Waals surface area contributed by atoms with Crippen molar-refractivity contribution < 1.29 is 9.59 Å². The molecule has 0 aliphatic carbocycles. The van der Waals surface area contributed by atoms with E-state index in [9.17, 15) is 9.59 Å². The van der Waals surface area contributed by atoms with Gasteiger partial charge in [0.05, 0.1) is 6.54 Å². The van der Waals surface area contributed by atoms with Crippen LogP contribution in [0.3, 0.4) is 0 Å². The van der Waals surface area contributed by atoms with E-state index in [0.29, 0.717) is 32.5 Å². The Bertz CT molecular complexity index is 421. The summed E-state index contributed by atoms with van der Waals surface area (Å²) in [6.07, 6.45) is 1.00. The topological polar surface area (TPSA) is 40.6 Å². The van der Waals surface area contributed by atoms with Gasteiger partial charge in [-0.3, -0.25) is 9.59 Å². The fourth-order valence-corrected chi connectivity index (χ4v) is 2.08. The van der Waals surface area contributed by atoms with Gasteiger partial charge < -0.3 is 9.80 Å². The molecule has 0 bridgehead atoms. The van der Waals surface area contributed by atoms with Crippen molar-refractivity contribution in [2.45, 2.75) is 12.8 Å². The minimum atomic E-state index is 0.0915. The maximum Gasteiger partial charge on any atom is 0.242 e. The SMILES string of the molecule is CN(CC(=O)N1CCC(=O)CC1)c1ccccc1. The Morgan fingerprint density at radius 3 is 2.44 bits per heavy atom. The van der Waals surface area contributed by atoms with E-state index in [4.69, 9.17) is 0 Å². The van der Waals surface area contributed by atoms with Crippen LogP contribution < -0.4 is 4.90 Å². The number of anilines is 1. The molecule has 1 saturated heterocycles. The van der Waals surface area contributed by atoms with Crippen molar-refractivity contribution in [3.63, 3.8) is 0 Å². The second-order valence-corrected chi connectivity index (χ2v) is 4.61. The second-order valence-electron chi connectivity index (χ2n) is 4.61. The average Bonchev–Trinajstić information content (AvgIpc) is 2.40. The number of amides is 1. The lowest BCUT2D eigenvalue weighted by atomic mass is 10.1. The van der Waals surface area contributed by atoms with Crippen molar-refractivity contribution in [1.29, 1.82) is 0 Å².